The number of rotatable bonds is 3. The van der Waals surface area contributed by atoms with E-state index in [9.17, 15) is 26.7 Å². The summed E-state index contributed by atoms with van der Waals surface area (Å²) in [6, 6.07) is 4.36. The van der Waals surface area contributed by atoms with Gasteiger partial charge in [-0.3, -0.25) is 4.79 Å². The average Bonchev–Trinajstić information content (AvgIpc) is 2.56. The number of nitrogens with one attached hydrogen (secondary N) is 1. The molecule has 0 atom stereocenters. The van der Waals surface area contributed by atoms with Gasteiger partial charge in [0.25, 0.3) is 0 Å². The summed E-state index contributed by atoms with van der Waals surface area (Å²) in [5.41, 5.74) is -1.01. The summed E-state index contributed by atoms with van der Waals surface area (Å²) < 4.78 is 65.8. The second-order valence-corrected chi connectivity index (χ2v) is 5.26. The highest BCUT2D eigenvalue weighted by Gasteiger charge is 2.26. The van der Waals surface area contributed by atoms with E-state index in [1.54, 1.807) is 5.32 Å². The van der Waals surface area contributed by atoms with Crippen molar-refractivity contribution in [1.29, 1.82) is 0 Å². The summed E-state index contributed by atoms with van der Waals surface area (Å²) >= 11 is 11.5. The first-order valence-corrected chi connectivity index (χ1v) is 6.93. The zero-order valence-electron chi connectivity index (χ0n) is 11.4. The molecular formula is C15H6Cl2F5NO. The predicted molar refractivity (Wildman–Crippen MR) is 80.4 cm³/mol. The Morgan fingerprint density at radius 2 is 1.42 bits per heavy atom. The van der Waals surface area contributed by atoms with Gasteiger partial charge in [-0.2, -0.15) is 0 Å². The molecular weight excluding hydrogens is 376 g/mol. The Labute approximate surface area is 142 Å². The highest BCUT2D eigenvalue weighted by molar-refractivity contribution is 6.42. The van der Waals surface area contributed by atoms with Crippen molar-refractivity contribution in [3.8, 4) is 0 Å². The third kappa shape index (κ3) is 3.68. The molecule has 0 aliphatic rings. The zero-order chi connectivity index (χ0) is 18.0. The number of carbonyl (C=O) groups is 1. The van der Waals surface area contributed by atoms with E-state index in [1.165, 1.54) is 24.3 Å². The van der Waals surface area contributed by atoms with Crippen LogP contribution in [-0.4, -0.2) is 5.91 Å². The molecule has 24 heavy (non-hydrogen) atoms. The fraction of sp³-hybridized carbons (Fsp3) is 0. The molecule has 2 rings (SSSR count). The fourth-order valence-electron chi connectivity index (χ4n) is 1.67. The van der Waals surface area contributed by atoms with E-state index in [-0.39, 0.29) is 10.0 Å². The first kappa shape index (κ1) is 18.2. The molecule has 1 amide bonds. The maximum Gasteiger partial charge on any atom is 0.248 e. The Morgan fingerprint density at radius 3 is 1.96 bits per heavy atom. The van der Waals surface area contributed by atoms with E-state index in [1.807, 2.05) is 0 Å². The predicted octanol–water partition coefficient (Wildman–Crippen LogP) is 5.34. The minimum absolute atomic E-state index is 0.207. The van der Waals surface area contributed by atoms with Gasteiger partial charge in [-0.05, 0) is 23.8 Å². The molecule has 0 spiro atoms. The third-order valence-electron chi connectivity index (χ3n) is 2.83. The quantitative estimate of drug-likeness (QED) is 0.330. The average molecular weight is 382 g/mol. The topological polar surface area (TPSA) is 29.1 Å². The van der Waals surface area contributed by atoms with Gasteiger partial charge in [0.05, 0.1) is 10.0 Å². The van der Waals surface area contributed by atoms with Crippen LogP contribution in [0.1, 0.15) is 5.56 Å². The number of carbonyl (C=O) groups excluding carboxylic acids is 1. The van der Waals surface area contributed by atoms with Gasteiger partial charge < -0.3 is 5.32 Å². The van der Waals surface area contributed by atoms with Gasteiger partial charge in [0.2, 0.25) is 11.7 Å². The van der Waals surface area contributed by atoms with Gasteiger partial charge in [-0.1, -0.05) is 29.3 Å². The van der Waals surface area contributed by atoms with Gasteiger partial charge in [-0.15, -0.1) is 0 Å². The SMILES string of the molecule is O=C(/C=C/c1ccc(Cl)c(Cl)c1)Nc1c(F)c(F)c(F)c(F)c1F. The number of amides is 1. The third-order valence-corrected chi connectivity index (χ3v) is 3.57. The Morgan fingerprint density at radius 1 is 0.875 bits per heavy atom. The largest absolute Gasteiger partial charge is 0.317 e. The number of benzene rings is 2. The first-order valence-electron chi connectivity index (χ1n) is 6.18. The minimum Gasteiger partial charge on any atom is -0.317 e. The van der Waals surface area contributed by atoms with Crippen LogP contribution in [0.4, 0.5) is 27.6 Å². The van der Waals surface area contributed by atoms with Crippen molar-refractivity contribution in [2.75, 3.05) is 5.32 Å². The van der Waals surface area contributed by atoms with Crippen molar-refractivity contribution in [2.45, 2.75) is 0 Å². The number of hydrogen-bond acceptors (Lipinski definition) is 1. The van der Waals surface area contributed by atoms with Crippen LogP contribution < -0.4 is 5.32 Å². The molecule has 0 unspecified atom stereocenters. The molecule has 1 N–H and O–H groups in total. The highest BCUT2D eigenvalue weighted by atomic mass is 35.5. The van der Waals surface area contributed by atoms with Crippen LogP contribution >= 0.6 is 23.2 Å². The van der Waals surface area contributed by atoms with Crippen molar-refractivity contribution >= 4 is 40.9 Å². The second-order valence-electron chi connectivity index (χ2n) is 4.44. The molecule has 0 radical (unpaired) electrons. The molecule has 0 aliphatic carbocycles. The summed E-state index contributed by atoms with van der Waals surface area (Å²) in [5, 5.41) is 2.09. The Bertz CT molecular complexity index is 825. The highest BCUT2D eigenvalue weighted by Crippen LogP contribution is 2.27. The van der Waals surface area contributed by atoms with E-state index < -0.39 is 40.7 Å². The van der Waals surface area contributed by atoms with Crippen LogP contribution in [0.15, 0.2) is 24.3 Å². The van der Waals surface area contributed by atoms with Crippen LogP contribution in [-0.2, 0) is 4.79 Å². The fourth-order valence-corrected chi connectivity index (χ4v) is 1.97. The van der Waals surface area contributed by atoms with Crippen LogP contribution in [0, 0.1) is 29.1 Å². The zero-order valence-corrected chi connectivity index (χ0v) is 13.0. The van der Waals surface area contributed by atoms with Crippen molar-refractivity contribution < 1.29 is 26.7 Å². The summed E-state index contributed by atoms with van der Waals surface area (Å²) in [6.45, 7) is 0. The molecule has 9 heteroatoms. The molecule has 0 heterocycles. The Kier molecular flexibility index (Phi) is 5.46. The summed E-state index contributed by atoms with van der Waals surface area (Å²) in [7, 11) is 0. The molecule has 0 bridgehead atoms. The molecule has 0 fully saturated rings. The lowest BCUT2D eigenvalue weighted by Gasteiger charge is -2.08. The van der Waals surface area contributed by atoms with Crippen molar-refractivity contribution in [2.24, 2.45) is 0 Å². The van der Waals surface area contributed by atoms with E-state index in [0.717, 1.165) is 6.08 Å². The molecule has 0 aromatic heterocycles. The van der Waals surface area contributed by atoms with Gasteiger partial charge in [-0.25, -0.2) is 22.0 Å². The minimum atomic E-state index is -2.31. The van der Waals surface area contributed by atoms with Gasteiger partial charge >= 0.3 is 0 Å². The lowest BCUT2D eigenvalue weighted by Crippen LogP contribution is -2.14. The molecule has 0 saturated heterocycles. The normalized spacial score (nSPS) is 11.1. The smallest absolute Gasteiger partial charge is 0.248 e. The van der Waals surface area contributed by atoms with Crippen LogP contribution in [0.25, 0.3) is 6.08 Å². The van der Waals surface area contributed by atoms with Crippen molar-refractivity contribution in [3.63, 3.8) is 0 Å². The van der Waals surface area contributed by atoms with Crippen LogP contribution in [0.2, 0.25) is 10.0 Å². The summed E-state index contributed by atoms with van der Waals surface area (Å²) in [5.74, 6) is -12.0. The van der Waals surface area contributed by atoms with Gasteiger partial charge in [0, 0.05) is 6.08 Å². The monoisotopic (exact) mass is 381 g/mol. The maximum absolute atomic E-state index is 13.4. The van der Waals surface area contributed by atoms with E-state index in [2.05, 4.69) is 0 Å². The molecule has 2 aromatic carbocycles. The summed E-state index contributed by atoms with van der Waals surface area (Å²) in [4.78, 5) is 11.6. The number of hydrogen-bond donors (Lipinski definition) is 1. The lowest BCUT2D eigenvalue weighted by atomic mass is 10.2. The Balaban J connectivity index is 2.24. The van der Waals surface area contributed by atoms with E-state index in [0.29, 0.717) is 5.56 Å². The molecule has 0 saturated carbocycles. The molecule has 126 valence electrons. The number of halogens is 7. The summed E-state index contributed by atoms with van der Waals surface area (Å²) in [6.07, 6.45) is 2.04. The molecule has 0 aliphatic heterocycles. The second kappa shape index (κ2) is 7.19. The molecule has 2 aromatic rings. The van der Waals surface area contributed by atoms with Crippen LogP contribution in [0.5, 0.6) is 0 Å². The van der Waals surface area contributed by atoms with E-state index in [4.69, 9.17) is 23.2 Å². The van der Waals surface area contributed by atoms with Gasteiger partial charge in [0.1, 0.15) is 5.69 Å². The van der Waals surface area contributed by atoms with Crippen LogP contribution in [0.3, 0.4) is 0 Å². The standard InChI is InChI=1S/C15H6Cl2F5NO/c16-7-3-1-6(5-8(7)17)2-4-9(24)23-15-13(21)11(19)10(18)12(20)14(15)22/h1-5H,(H,23,24)/b4-2+. The van der Waals surface area contributed by atoms with E-state index >= 15 is 0 Å². The number of anilines is 1. The first-order chi connectivity index (χ1) is 11.2. The van der Waals surface area contributed by atoms with Crippen molar-refractivity contribution in [1.82, 2.24) is 0 Å². The maximum atomic E-state index is 13.4. The Hall–Kier alpha value is -2.12. The van der Waals surface area contributed by atoms with Crippen molar-refractivity contribution in [3.05, 3.63) is 69.0 Å². The lowest BCUT2D eigenvalue weighted by molar-refractivity contribution is -0.111. The molecule has 2 nitrogen and oxygen atoms in total. The van der Waals surface area contributed by atoms with Gasteiger partial charge in [0.15, 0.2) is 23.3 Å².